The lowest BCUT2D eigenvalue weighted by molar-refractivity contribution is -0.301. The molecule has 192 valence electrons. The van der Waals surface area contributed by atoms with Crippen LogP contribution in [0.1, 0.15) is 30.6 Å². The summed E-state index contributed by atoms with van der Waals surface area (Å²) in [7, 11) is 0. The molecule has 0 saturated carbocycles. The Kier molecular flexibility index (Phi) is 6.71. The van der Waals surface area contributed by atoms with Crippen LogP contribution in [0.5, 0.6) is 0 Å². The molecule has 0 bridgehead atoms. The number of carboxylic acids is 2. The van der Waals surface area contributed by atoms with Gasteiger partial charge < -0.3 is 49.9 Å². The third kappa shape index (κ3) is 4.28. The summed E-state index contributed by atoms with van der Waals surface area (Å²) in [4.78, 5) is 62.4. The molecule has 0 radical (unpaired) electrons. The van der Waals surface area contributed by atoms with Crippen molar-refractivity contribution in [1.82, 2.24) is 9.80 Å². The summed E-state index contributed by atoms with van der Waals surface area (Å²) in [6, 6.07) is 3.56. The summed E-state index contributed by atoms with van der Waals surface area (Å²) in [6.07, 6.45) is -2.56. The highest BCUT2D eigenvalue weighted by molar-refractivity contribution is 8.03. The van der Waals surface area contributed by atoms with E-state index in [1.54, 1.807) is 6.92 Å². The summed E-state index contributed by atoms with van der Waals surface area (Å²) >= 11 is 1.06. The largest absolute Gasteiger partial charge is 0.545 e. The summed E-state index contributed by atoms with van der Waals surface area (Å²) in [5, 5.41) is 46.6. The monoisotopic (exact) mass is 516 g/mol. The van der Waals surface area contributed by atoms with E-state index in [4.69, 9.17) is 0 Å². The third-order valence-corrected chi connectivity index (χ3v) is 8.26. The second-order valence-corrected chi connectivity index (χ2v) is 10.4. The number of fused-ring (bicyclic) bond motifs is 1. The van der Waals surface area contributed by atoms with E-state index in [1.165, 1.54) is 31.2 Å². The van der Waals surface area contributed by atoms with Crippen molar-refractivity contribution in [2.75, 3.05) is 11.9 Å². The number of β-lactam (4-membered cyclic amide) rings is 1. The number of anilines is 1. The topological polar surface area (TPSA) is 193 Å². The van der Waals surface area contributed by atoms with Gasteiger partial charge in [0.05, 0.1) is 35.7 Å². The average Bonchev–Trinajstić information content (AvgIpc) is 3.32. The van der Waals surface area contributed by atoms with Crippen molar-refractivity contribution in [2.45, 2.75) is 43.7 Å². The molecule has 0 aliphatic carbocycles. The minimum Gasteiger partial charge on any atom is -0.545 e. The molecular weight excluding hydrogens is 494 g/mol. The second kappa shape index (κ2) is 9.47. The van der Waals surface area contributed by atoms with E-state index >= 15 is 0 Å². The molecule has 36 heavy (non-hydrogen) atoms. The Morgan fingerprint density at radius 2 is 1.86 bits per heavy atom. The molecule has 13 heteroatoms. The number of rotatable bonds is 7. The van der Waals surface area contributed by atoms with E-state index in [0.717, 1.165) is 21.6 Å². The molecule has 0 aromatic heterocycles. The van der Waals surface area contributed by atoms with Crippen LogP contribution in [-0.4, -0.2) is 74.7 Å². The maximum atomic E-state index is 12.9. The van der Waals surface area contributed by atoms with E-state index < -0.39 is 65.1 Å². The lowest BCUT2D eigenvalue weighted by Gasteiger charge is -2.47. The molecule has 3 heterocycles. The number of thioether (sulfide) groups is 1. The van der Waals surface area contributed by atoms with Gasteiger partial charge in [0.25, 0.3) is 0 Å². The van der Waals surface area contributed by atoms with Gasteiger partial charge in [-0.1, -0.05) is 19.1 Å². The maximum absolute atomic E-state index is 12.9. The number of aliphatic carboxylic acids is 1. The molecule has 12 nitrogen and oxygen atoms in total. The summed E-state index contributed by atoms with van der Waals surface area (Å²) in [5.41, 5.74) is -0.336. The van der Waals surface area contributed by atoms with Gasteiger partial charge in [-0.2, -0.15) is 0 Å². The number of aliphatic hydroxyl groups excluding tert-OH is 1. The van der Waals surface area contributed by atoms with Crippen molar-refractivity contribution in [3.8, 4) is 0 Å². The standard InChI is InChI=1S/C23H25N3O9S/c1-9-16-15(10(2)27)20(29)26(16)17(22(32)33)18(9)36-13-7-14(25(8-13)23(34)35)19(28)24-12-5-3-4-11(6-12)21(30)31/h3-6,9-10,13-16,27H,7-8H2,1-2H3,(H,24,28)(H,30,31)(H,32,33)(H,34,35)/p-3. The van der Waals surface area contributed by atoms with Crippen LogP contribution >= 0.6 is 11.8 Å². The molecule has 6 unspecified atom stereocenters. The van der Waals surface area contributed by atoms with Crippen LogP contribution in [0.25, 0.3) is 0 Å². The lowest BCUT2D eigenvalue weighted by atomic mass is 9.79. The molecule has 4 rings (SSSR count). The van der Waals surface area contributed by atoms with Gasteiger partial charge >= 0.3 is 0 Å². The fourth-order valence-electron chi connectivity index (χ4n) is 5.13. The maximum Gasteiger partial charge on any atom is 0.247 e. The zero-order valence-corrected chi connectivity index (χ0v) is 20.0. The van der Waals surface area contributed by atoms with Crippen molar-refractivity contribution in [2.24, 2.45) is 11.8 Å². The second-order valence-electron chi connectivity index (χ2n) is 9.02. The van der Waals surface area contributed by atoms with Gasteiger partial charge in [-0.3, -0.25) is 9.59 Å². The molecule has 1 aromatic rings. The predicted octanol–water partition coefficient (Wildman–Crippen LogP) is -2.67. The van der Waals surface area contributed by atoms with Crippen molar-refractivity contribution in [3.63, 3.8) is 0 Å². The number of likely N-dealkylation sites (tertiary alicyclic amines) is 1. The molecular formula is C23H22N3O9S-3. The van der Waals surface area contributed by atoms with Gasteiger partial charge in [0, 0.05) is 28.3 Å². The Hall–Kier alpha value is -3.58. The highest BCUT2D eigenvalue weighted by Gasteiger charge is 2.59. The molecule has 1 aromatic carbocycles. The van der Waals surface area contributed by atoms with Gasteiger partial charge in [-0.15, -0.1) is 11.8 Å². The number of nitrogens with one attached hydrogen (secondary N) is 1. The number of nitrogens with zero attached hydrogens (tertiary/aromatic N) is 2. The number of hydrogen-bond donors (Lipinski definition) is 2. The van der Waals surface area contributed by atoms with E-state index in [-0.39, 0.29) is 29.9 Å². The lowest BCUT2D eigenvalue weighted by Crippen LogP contribution is -2.64. The fourth-order valence-corrected chi connectivity index (χ4v) is 6.65. The van der Waals surface area contributed by atoms with Crippen molar-refractivity contribution < 1.29 is 44.4 Å². The number of amides is 3. The van der Waals surface area contributed by atoms with Crippen LogP contribution in [-0.2, 0) is 14.4 Å². The van der Waals surface area contributed by atoms with Gasteiger partial charge in [-0.05, 0) is 31.0 Å². The molecule has 3 aliphatic rings. The quantitative estimate of drug-likeness (QED) is 0.361. The number of carbonyl (C=O) groups excluding carboxylic acids is 5. The minimum absolute atomic E-state index is 0.0135. The molecule has 3 amide bonds. The van der Waals surface area contributed by atoms with Crippen LogP contribution in [0.2, 0.25) is 0 Å². The number of hydrogen-bond acceptors (Lipinski definition) is 10. The Labute approximate surface area is 209 Å². The predicted molar refractivity (Wildman–Crippen MR) is 118 cm³/mol. The van der Waals surface area contributed by atoms with Gasteiger partial charge in [0.15, 0.2) is 0 Å². The SMILES string of the molecule is CC(O)C1C(=O)N2C(C(=O)[O-])=C(SC3CC(C(=O)Nc4cccc(C(=O)[O-])c4)N(C(=O)[O-])C3)C(C)C12. The number of aliphatic hydroxyl groups is 1. The first-order valence-corrected chi connectivity index (χ1v) is 12.0. The van der Waals surface area contributed by atoms with Gasteiger partial charge in [-0.25, -0.2) is 0 Å². The Morgan fingerprint density at radius 1 is 1.17 bits per heavy atom. The zero-order chi connectivity index (χ0) is 26.5. The first kappa shape index (κ1) is 25.5. The molecule has 2 fully saturated rings. The van der Waals surface area contributed by atoms with Crippen LogP contribution in [0, 0.1) is 11.8 Å². The number of aromatic carboxylic acids is 1. The highest BCUT2D eigenvalue weighted by atomic mass is 32.2. The van der Waals surface area contributed by atoms with Crippen molar-refractivity contribution in [1.29, 1.82) is 0 Å². The number of carbonyl (C=O) groups is 5. The van der Waals surface area contributed by atoms with E-state index in [9.17, 15) is 44.4 Å². The molecule has 2 N–H and O–H groups in total. The van der Waals surface area contributed by atoms with E-state index in [1.807, 2.05) is 0 Å². The molecule has 6 atom stereocenters. The molecule has 3 aliphatic heterocycles. The van der Waals surface area contributed by atoms with Crippen LogP contribution in [0.15, 0.2) is 34.9 Å². The smallest absolute Gasteiger partial charge is 0.247 e. The van der Waals surface area contributed by atoms with Crippen LogP contribution in [0.3, 0.4) is 0 Å². The summed E-state index contributed by atoms with van der Waals surface area (Å²) < 4.78 is 0. The van der Waals surface area contributed by atoms with Gasteiger partial charge in [0.2, 0.25) is 11.8 Å². The normalized spacial score (nSPS) is 28.0. The van der Waals surface area contributed by atoms with E-state index in [0.29, 0.717) is 4.91 Å². The van der Waals surface area contributed by atoms with Crippen molar-refractivity contribution >= 4 is 47.3 Å². The Morgan fingerprint density at radius 3 is 2.44 bits per heavy atom. The van der Waals surface area contributed by atoms with Gasteiger partial charge in [0.1, 0.15) is 12.1 Å². The average molecular weight is 517 g/mol. The molecule has 0 spiro atoms. The van der Waals surface area contributed by atoms with E-state index in [2.05, 4.69) is 5.32 Å². The van der Waals surface area contributed by atoms with Crippen LogP contribution < -0.4 is 20.6 Å². The number of carboxylic acid groups (broad SMARTS) is 3. The fraction of sp³-hybridized carbons (Fsp3) is 0.435. The Balaban J connectivity index is 1.53. The van der Waals surface area contributed by atoms with Crippen LogP contribution in [0.4, 0.5) is 10.5 Å². The zero-order valence-electron chi connectivity index (χ0n) is 19.2. The first-order valence-electron chi connectivity index (χ1n) is 11.2. The van der Waals surface area contributed by atoms with Crippen molar-refractivity contribution in [3.05, 3.63) is 40.4 Å². The highest BCUT2D eigenvalue weighted by Crippen LogP contribution is 2.52. The summed E-state index contributed by atoms with van der Waals surface area (Å²) in [5.74, 6) is -5.43. The minimum atomic E-state index is -1.59. The summed E-state index contributed by atoms with van der Waals surface area (Å²) in [6.45, 7) is 3.04. The number of benzene rings is 1. The Bertz CT molecular complexity index is 1180. The molecule has 2 saturated heterocycles. The first-order chi connectivity index (χ1) is 16.9. The third-order valence-electron chi connectivity index (χ3n) is 6.76.